The van der Waals surface area contributed by atoms with E-state index in [0.717, 1.165) is 10.6 Å². The Bertz CT molecular complexity index is 721. The Balaban J connectivity index is 1.99. The molecule has 0 fully saturated rings. The predicted octanol–water partition coefficient (Wildman–Crippen LogP) is 1.03. The van der Waals surface area contributed by atoms with Crippen molar-refractivity contribution < 1.29 is 13.2 Å². The molecular weight excluding hydrogens is 298 g/mol. The van der Waals surface area contributed by atoms with E-state index in [-0.39, 0.29) is 10.8 Å². The van der Waals surface area contributed by atoms with Crippen molar-refractivity contribution in [2.45, 2.75) is 18.4 Å². The third kappa shape index (κ3) is 3.62. The number of hydrogen-bond donors (Lipinski definition) is 2. The number of rotatable bonds is 4. The third-order valence-corrected chi connectivity index (χ3v) is 4.39. The lowest BCUT2D eigenvalue weighted by atomic mass is 10.2. The third-order valence-electron chi connectivity index (χ3n) is 2.55. The zero-order valence-electron chi connectivity index (χ0n) is 10.7. The number of amides is 1. The molecule has 2 aromatic rings. The average molecular weight is 311 g/mol. The van der Waals surface area contributed by atoms with Crippen molar-refractivity contribution in [2.75, 3.05) is 0 Å². The summed E-state index contributed by atoms with van der Waals surface area (Å²) < 4.78 is 22.2. The molecule has 8 heteroatoms. The highest BCUT2D eigenvalue weighted by atomic mass is 32.2. The van der Waals surface area contributed by atoms with Gasteiger partial charge in [-0.2, -0.15) is 0 Å². The maximum atomic E-state index is 11.8. The molecule has 0 spiro atoms. The number of nitrogens with zero attached hydrogens (tertiary/aromatic N) is 1. The molecule has 0 aliphatic heterocycles. The molecule has 1 amide bonds. The predicted molar refractivity (Wildman–Crippen MR) is 75.8 cm³/mol. The monoisotopic (exact) mass is 311 g/mol. The smallest absolute Gasteiger partial charge is 0.263 e. The van der Waals surface area contributed by atoms with Crippen LogP contribution in [0.4, 0.5) is 0 Å². The molecule has 0 atom stereocenters. The van der Waals surface area contributed by atoms with Gasteiger partial charge in [0.05, 0.1) is 16.1 Å². The van der Waals surface area contributed by atoms with Crippen molar-refractivity contribution in [1.82, 2.24) is 10.3 Å². The summed E-state index contributed by atoms with van der Waals surface area (Å²) in [4.78, 5) is 16.4. The molecule has 0 aliphatic carbocycles. The second-order valence-corrected chi connectivity index (χ2v) is 6.91. The second kappa shape index (κ2) is 5.70. The van der Waals surface area contributed by atoms with Crippen LogP contribution in [0.5, 0.6) is 0 Å². The minimum absolute atomic E-state index is 0.0469. The summed E-state index contributed by atoms with van der Waals surface area (Å²) in [6.07, 6.45) is 1.53. The number of nitrogens with one attached hydrogen (secondary N) is 1. The van der Waals surface area contributed by atoms with Gasteiger partial charge in [-0.15, -0.1) is 11.3 Å². The lowest BCUT2D eigenvalue weighted by Crippen LogP contribution is -2.21. The van der Waals surface area contributed by atoms with Crippen LogP contribution in [0.2, 0.25) is 0 Å². The van der Waals surface area contributed by atoms with Crippen LogP contribution in [-0.2, 0) is 16.6 Å². The lowest BCUT2D eigenvalue weighted by Gasteiger charge is -2.04. The molecule has 0 saturated carbocycles. The Morgan fingerprint density at radius 1 is 1.35 bits per heavy atom. The highest BCUT2D eigenvalue weighted by Crippen LogP contribution is 2.12. The minimum atomic E-state index is -3.69. The normalized spacial score (nSPS) is 11.3. The van der Waals surface area contributed by atoms with E-state index in [1.54, 1.807) is 12.1 Å². The Labute approximate surface area is 120 Å². The van der Waals surface area contributed by atoms with E-state index >= 15 is 0 Å². The Morgan fingerprint density at radius 2 is 2.00 bits per heavy atom. The van der Waals surface area contributed by atoms with Crippen molar-refractivity contribution in [3.05, 3.63) is 45.9 Å². The molecule has 106 valence electrons. The van der Waals surface area contributed by atoms with Crippen molar-refractivity contribution in [3.8, 4) is 0 Å². The summed E-state index contributed by atoms with van der Waals surface area (Å²) in [5.41, 5.74) is 0.784. The number of aromatic nitrogens is 1. The molecule has 0 radical (unpaired) electrons. The summed E-state index contributed by atoms with van der Waals surface area (Å²) in [6.45, 7) is 2.13. The van der Waals surface area contributed by atoms with Gasteiger partial charge < -0.3 is 5.32 Å². The van der Waals surface area contributed by atoms with Gasteiger partial charge in [0.25, 0.3) is 5.91 Å². The molecule has 1 aromatic heterocycles. The van der Waals surface area contributed by atoms with Crippen molar-refractivity contribution >= 4 is 27.3 Å². The Kier molecular flexibility index (Phi) is 4.17. The fraction of sp³-hybridized carbons (Fsp3) is 0.167. The highest BCUT2D eigenvalue weighted by molar-refractivity contribution is 7.89. The second-order valence-electron chi connectivity index (χ2n) is 4.12. The van der Waals surface area contributed by atoms with Crippen LogP contribution in [-0.4, -0.2) is 19.3 Å². The first-order chi connectivity index (χ1) is 9.36. The molecular formula is C12H13N3O3S2. The summed E-state index contributed by atoms with van der Waals surface area (Å²) in [5.74, 6) is -0.203. The highest BCUT2D eigenvalue weighted by Gasteiger charge is 2.09. The number of sulfonamides is 1. The number of thiazole rings is 1. The van der Waals surface area contributed by atoms with Crippen LogP contribution in [0, 0.1) is 6.92 Å². The fourth-order valence-electron chi connectivity index (χ4n) is 1.53. The van der Waals surface area contributed by atoms with Gasteiger partial charge in [-0.1, -0.05) is 12.1 Å². The van der Waals surface area contributed by atoms with E-state index in [1.165, 1.54) is 29.7 Å². The van der Waals surface area contributed by atoms with Crippen LogP contribution in [0.1, 0.15) is 20.2 Å². The minimum Gasteiger partial charge on any atom is -0.347 e. The number of benzene rings is 1. The standard InChI is InChI=1S/C12H13N3O3S2/c1-8-14-7-11(19-8)12(16)15-6-9-2-4-10(5-3-9)20(13,17)18/h2-5,7H,6H2,1H3,(H,15,16)(H2,13,17,18). The molecule has 0 bridgehead atoms. The van der Waals surface area contributed by atoms with E-state index in [2.05, 4.69) is 10.3 Å². The largest absolute Gasteiger partial charge is 0.347 e. The van der Waals surface area contributed by atoms with Gasteiger partial charge in [0.2, 0.25) is 10.0 Å². The number of carbonyl (C=O) groups excluding carboxylic acids is 1. The summed E-state index contributed by atoms with van der Waals surface area (Å²) >= 11 is 1.32. The van der Waals surface area contributed by atoms with Gasteiger partial charge in [-0.3, -0.25) is 4.79 Å². The summed E-state index contributed by atoms with van der Waals surface area (Å²) in [6, 6.07) is 6.04. The van der Waals surface area contributed by atoms with E-state index in [0.29, 0.717) is 11.4 Å². The number of hydrogen-bond acceptors (Lipinski definition) is 5. The van der Waals surface area contributed by atoms with Gasteiger partial charge in [0.1, 0.15) is 4.88 Å². The molecule has 20 heavy (non-hydrogen) atoms. The van der Waals surface area contributed by atoms with Crippen LogP contribution in [0.3, 0.4) is 0 Å². The van der Waals surface area contributed by atoms with Crippen LogP contribution < -0.4 is 10.5 Å². The lowest BCUT2D eigenvalue weighted by molar-refractivity contribution is 0.0954. The van der Waals surface area contributed by atoms with Crippen LogP contribution >= 0.6 is 11.3 Å². The molecule has 0 aliphatic rings. The number of aryl methyl sites for hydroxylation is 1. The zero-order chi connectivity index (χ0) is 14.8. The Morgan fingerprint density at radius 3 is 2.50 bits per heavy atom. The molecule has 0 unspecified atom stereocenters. The van der Waals surface area contributed by atoms with Gasteiger partial charge in [0, 0.05) is 6.54 Å². The maximum absolute atomic E-state index is 11.8. The first kappa shape index (κ1) is 14.6. The number of primary sulfonamides is 1. The number of carbonyl (C=O) groups is 1. The van der Waals surface area contributed by atoms with Crippen molar-refractivity contribution in [2.24, 2.45) is 5.14 Å². The maximum Gasteiger partial charge on any atom is 0.263 e. The van der Waals surface area contributed by atoms with Crippen LogP contribution in [0.25, 0.3) is 0 Å². The Hall–Kier alpha value is -1.77. The average Bonchev–Trinajstić information content (AvgIpc) is 2.82. The van der Waals surface area contributed by atoms with E-state index < -0.39 is 10.0 Å². The van der Waals surface area contributed by atoms with Gasteiger partial charge in [-0.25, -0.2) is 18.5 Å². The molecule has 0 saturated heterocycles. The first-order valence-electron chi connectivity index (χ1n) is 5.68. The van der Waals surface area contributed by atoms with E-state index in [1.807, 2.05) is 6.92 Å². The molecule has 6 nitrogen and oxygen atoms in total. The van der Waals surface area contributed by atoms with Gasteiger partial charge in [-0.05, 0) is 24.6 Å². The zero-order valence-corrected chi connectivity index (χ0v) is 12.3. The van der Waals surface area contributed by atoms with E-state index in [4.69, 9.17) is 5.14 Å². The summed E-state index contributed by atoms with van der Waals surface area (Å²) in [5, 5.41) is 8.57. The first-order valence-corrected chi connectivity index (χ1v) is 8.05. The van der Waals surface area contributed by atoms with Gasteiger partial charge >= 0.3 is 0 Å². The topological polar surface area (TPSA) is 102 Å². The SMILES string of the molecule is Cc1ncc(C(=O)NCc2ccc(S(N)(=O)=O)cc2)s1. The van der Waals surface area contributed by atoms with E-state index in [9.17, 15) is 13.2 Å². The molecule has 3 N–H and O–H groups in total. The van der Waals surface area contributed by atoms with Crippen LogP contribution in [0.15, 0.2) is 35.4 Å². The van der Waals surface area contributed by atoms with Gasteiger partial charge in [0.15, 0.2) is 0 Å². The molecule has 2 rings (SSSR count). The fourth-order valence-corrected chi connectivity index (χ4v) is 2.74. The quantitative estimate of drug-likeness (QED) is 0.880. The van der Waals surface area contributed by atoms with Crippen molar-refractivity contribution in [3.63, 3.8) is 0 Å². The molecule has 1 heterocycles. The molecule has 1 aromatic carbocycles. The number of nitrogens with two attached hydrogens (primary N) is 1. The van der Waals surface area contributed by atoms with Crippen molar-refractivity contribution in [1.29, 1.82) is 0 Å². The summed E-state index contributed by atoms with van der Waals surface area (Å²) in [7, 11) is -3.69.